The number of nitrogens with zero attached hydrogens (tertiary/aromatic N) is 3. The van der Waals surface area contributed by atoms with Gasteiger partial charge in [-0.1, -0.05) is 12.1 Å². The van der Waals surface area contributed by atoms with Crippen molar-refractivity contribution in [3.63, 3.8) is 0 Å². The molecule has 0 radical (unpaired) electrons. The van der Waals surface area contributed by atoms with Crippen LogP contribution in [0.4, 0.5) is 5.95 Å². The number of anilines is 1. The first kappa shape index (κ1) is 16.9. The van der Waals surface area contributed by atoms with Gasteiger partial charge in [0, 0.05) is 33.1 Å². The molecule has 0 saturated carbocycles. The lowest BCUT2D eigenvalue weighted by Crippen LogP contribution is -2.46. The maximum absolute atomic E-state index is 12.4. The summed E-state index contributed by atoms with van der Waals surface area (Å²) in [7, 11) is -0.390. The zero-order chi connectivity index (χ0) is 17.3. The number of amides is 1. The van der Waals surface area contributed by atoms with Gasteiger partial charge in [-0.3, -0.25) is 10.1 Å². The van der Waals surface area contributed by atoms with Crippen molar-refractivity contribution in [3.8, 4) is 0 Å². The van der Waals surface area contributed by atoms with Gasteiger partial charge in [0.15, 0.2) is 0 Å². The van der Waals surface area contributed by atoms with Gasteiger partial charge >= 0.3 is 0 Å². The Morgan fingerprint density at radius 1 is 1.29 bits per heavy atom. The van der Waals surface area contributed by atoms with E-state index in [4.69, 9.17) is 0 Å². The monoisotopic (exact) mass is 351 g/mol. The van der Waals surface area contributed by atoms with Crippen molar-refractivity contribution >= 4 is 33.1 Å². The summed E-state index contributed by atoms with van der Waals surface area (Å²) in [5.74, 6) is 0.0762. The summed E-state index contributed by atoms with van der Waals surface area (Å²) >= 11 is 0. The lowest BCUT2D eigenvalue weighted by molar-refractivity contribution is -0.121. The van der Waals surface area contributed by atoms with Crippen LogP contribution in [0.25, 0.3) is 11.0 Å². The van der Waals surface area contributed by atoms with Gasteiger partial charge in [-0.25, -0.2) is 4.98 Å². The van der Waals surface area contributed by atoms with Crippen LogP contribution in [-0.2, 0) is 15.0 Å². The van der Waals surface area contributed by atoms with E-state index in [2.05, 4.69) is 15.3 Å². The number of hydrogen-bond acceptors (Lipinski definition) is 4. The van der Waals surface area contributed by atoms with Gasteiger partial charge in [-0.2, -0.15) is 17.0 Å². The van der Waals surface area contributed by atoms with E-state index in [-0.39, 0.29) is 11.8 Å². The summed E-state index contributed by atoms with van der Waals surface area (Å²) in [6.07, 6.45) is 0.998. The number of rotatable bonds is 4. The minimum Gasteiger partial charge on any atom is -0.324 e. The molecule has 2 heterocycles. The van der Waals surface area contributed by atoms with E-state index in [0.717, 1.165) is 11.0 Å². The Morgan fingerprint density at radius 2 is 1.96 bits per heavy atom. The van der Waals surface area contributed by atoms with Crippen LogP contribution >= 0.6 is 0 Å². The Bertz CT molecular complexity index is 805. The molecule has 0 spiro atoms. The van der Waals surface area contributed by atoms with E-state index in [9.17, 15) is 13.2 Å². The van der Waals surface area contributed by atoms with Crippen molar-refractivity contribution in [3.05, 3.63) is 24.3 Å². The second kappa shape index (κ2) is 6.50. The molecule has 9 heteroatoms. The van der Waals surface area contributed by atoms with Crippen LogP contribution in [0.3, 0.4) is 0 Å². The van der Waals surface area contributed by atoms with Gasteiger partial charge in [-0.05, 0) is 25.0 Å². The minimum absolute atomic E-state index is 0.129. The first-order valence-corrected chi connectivity index (χ1v) is 9.21. The lowest BCUT2D eigenvalue weighted by Gasteiger charge is -2.31. The Labute approximate surface area is 141 Å². The summed E-state index contributed by atoms with van der Waals surface area (Å²) in [4.78, 5) is 19.8. The number of carbonyl (C=O) groups is 1. The second-order valence-corrected chi connectivity index (χ2v) is 8.20. The molecular weight excluding hydrogens is 330 g/mol. The zero-order valence-electron chi connectivity index (χ0n) is 13.7. The SMILES string of the molecule is CN(C)S(=O)(=O)N1CCC(C(=O)Nc2nc3ccccc3[nH]2)CC1. The molecule has 1 aliphatic heterocycles. The number of aromatic amines is 1. The minimum atomic E-state index is -3.41. The van der Waals surface area contributed by atoms with Crippen LogP contribution in [0.5, 0.6) is 0 Å². The summed E-state index contributed by atoms with van der Waals surface area (Å²) in [5, 5.41) is 2.79. The maximum Gasteiger partial charge on any atom is 0.281 e. The van der Waals surface area contributed by atoms with Crippen LogP contribution in [0.15, 0.2) is 24.3 Å². The fourth-order valence-electron chi connectivity index (χ4n) is 2.81. The molecule has 1 aliphatic rings. The highest BCUT2D eigenvalue weighted by molar-refractivity contribution is 7.86. The topological polar surface area (TPSA) is 98.4 Å². The van der Waals surface area contributed by atoms with Crippen molar-refractivity contribution in [1.29, 1.82) is 0 Å². The highest BCUT2D eigenvalue weighted by Crippen LogP contribution is 2.22. The van der Waals surface area contributed by atoms with Crippen LogP contribution < -0.4 is 5.32 Å². The second-order valence-electron chi connectivity index (χ2n) is 6.06. The van der Waals surface area contributed by atoms with E-state index in [1.807, 2.05) is 24.3 Å². The van der Waals surface area contributed by atoms with Gasteiger partial charge in [0.1, 0.15) is 0 Å². The molecule has 1 aromatic heterocycles. The highest BCUT2D eigenvalue weighted by Gasteiger charge is 2.32. The molecule has 2 N–H and O–H groups in total. The van der Waals surface area contributed by atoms with Crippen molar-refractivity contribution in [2.45, 2.75) is 12.8 Å². The number of nitrogens with one attached hydrogen (secondary N) is 2. The molecular formula is C15H21N5O3S. The van der Waals surface area contributed by atoms with Crippen LogP contribution in [-0.4, -0.2) is 60.1 Å². The molecule has 0 bridgehead atoms. The number of fused-ring (bicyclic) bond motifs is 1. The van der Waals surface area contributed by atoms with E-state index >= 15 is 0 Å². The van der Waals surface area contributed by atoms with E-state index in [1.54, 1.807) is 0 Å². The zero-order valence-corrected chi connectivity index (χ0v) is 14.5. The Hall–Kier alpha value is -1.97. The van der Waals surface area contributed by atoms with Gasteiger partial charge in [0.2, 0.25) is 11.9 Å². The van der Waals surface area contributed by atoms with E-state index < -0.39 is 10.2 Å². The average Bonchev–Trinajstić information content (AvgIpc) is 2.97. The lowest BCUT2D eigenvalue weighted by atomic mass is 9.97. The molecule has 0 atom stereocenters. The summed E-state index contributed by atoms with van der Waals surface area (Å²) in [6, 6.07) is 7.54. The Morgan fingerprint density at radius 3 is 2.58 bits per heavy atom. The van der Waals surface area contributed by atoms with Gasteiger partial charge in [0.25, 0.3) is 10.2 Å². The largest absolute Gasteiger partial charge is 0.324 e. The Balaban J connectivity index is 1.61. The quantitative estimate of drug-likeness (QED) is 0.859. The fraction of sp³-hybridized carbons (Fsp3) is 0.467. The number of piperidine rings is 1. The van der Waals surface area contributed by atoms with Gasteiger partial charge in [0.05, 0.1) is 11.0 Å². The fourth-order valence-corrected chi connectivity index (χ4v) is 3.94. The van der Waals surface area contributed by atoms with Gasteiger partial charge < -0.3 is 4.98 Å². The first-order valence-electron chi connectivity index (χ1n) is 7.81. The molecule has 1 amide bonds. The third-order valence-corrected chi connectivity index (χ3v) is 6.18. The third-order valence-electron chi connectivity index (χ3n) is 4.24. The van der Waals surface area contributed by atoms with Crippen molar-refractivity contribution < 1.29 is 13.2 Å². The van der Waals surface area contributed by atoms with Crippen LogP contribution in [0, 0.1) is 5.92 Å². The number of imidazole rings is 1. The molecule has 0 unspecified atom stereocenters. The molecule has 130 valence electrons. The standard InChI is InChI=1S/C15H21N5O3S/c1-19(2)24(22,23)20-9-7-11(8-10-20)14(21)18-15-16-12-5-3-4-6-13(12)17-15/h3-6,11H,7-10H2,1-2H3,(H2,16,17,18,21). The number of hydrogen-bond donors (Lipinski definition) is 2. The number of para-hydroxylation sites is 2. The molecule has 8 nitrogen and oxygen atoms in total. The summed E-state index contributed by atoms with van der Waals surface area (Å²) in [6.45, 7) is 0.692. The van der Waals surface area contributed by atoms with E-state index in [0.29, 0.717) is 31.9 Å². The van der Waals surface area contributed by atoms with Crippen LogP contribution in [0.2, 0.25) is 0 Å². The number of benzene rings is 1. The third kappa shape index (κ3) is 3.28. The molecule has 1 saturated heterocycles. The molecule has 1 aromatic carbocycles. The predicted molar refractivity (Wildman–Crippen MR) is 91.6 cm³/mol. The van der Waals surface area contributed by atoms with Gasteiger partial charge in [-0.15, -0.1) is 0 Å². The highest BCUT2D eigenvalue weighted by atomic mass is 32.2. The van der Waals surface area contributed by atoms with Crippen LogP contribution in [0.1, 0.15) is 12.8 Å². The predicted octanol–water partition coefficient (Wildman–Crippen LogP) is 1.02. The molecule has 3 rings (SSSR count). The normalized spacial score (nSPS) is 17.5. The smallest absolute Gasteiger partial charge is 0.281 e. The molecule has 1 fully saturated rings. The molecule has 24 heavy (non-hydrogen) atoms. The Kier molecular flexibility index (Phi) is 4.57. The number of H-pyrrole nitrogens is 1. The molecule has 0 aliphatic carbocycles. The average molecular weight is 351 g/mol. The summed E-state index contributed by atoms with van der Waals surface area (Å²) in [5.41, 5.74) is 1.65. The first-order chi connectivity index (χ1) is 11.4. The number of aromatic nitrogens is 2. The summed E-state index contributed by atoms with van der Waals surface area (Å²) < 4.78 is 26.8. The maximum atomic E-state index is 12.4. The molecule has 2 aromatic rings. The number of carbonyl (C=O) groups excluding carboxylic acids is 1. The van der Waals surface area contributed by atoms with Crippen molar-refractivity contribution in [2.75, 3.05) is 32.5 Å². The van der Waals surface area contributed by atoms with Crippen molar-refractivity contribution in [2.24, 2.45) is 5.92 Å². The van der Waals surface area contributed by atoms with E-state index in [1.165, 1.54) is 22.7 Å². The van der Waals surface area contributed by atoms with Crippen molar-refractivity contribution in [1.82, 2.24) is 18.6 Å².